The second-order valence-corrected chi connectivity index (χ2v) is 7.01. The number of nitrogens with zero attached hydrogens (tertiary/aromatic N) is 4. The number of ether oxygens (including phenoxy) is 3. The molecule has 1 aromatic heterocycles. The van der Waals surface area contributed by atoms with Gasteiger partial charge < -0.3 is 24.8 Å². The second kappa shape index (κ2) is 8.96. The lowest BCUT2D eigenvalue weighted by Crippen LogP contribution is -2.31. The summed E-state index contributed by atoms with van der Waals surface area (Å²) in [7, 11) is 3.13. The Bertz CT molecular complexity index is 1170. The Morgan fingerprint density at radius 2 is 1.91 bits per heavy atom. The number of aromatic nitrogens is 4. The van der Waals surface area contributed by atoms with Crippen LogP contribution < -0.4 is 24.8 Å². The monoisotopic (exact) mass is 436 g/mol. The molecule has 0 spiro atoms. The zero-order valence-corrected chi connectivity index (χ0v) is 18.2. The predicted octanol–water partition coefficient (Wildman–Crippen LogP) is 3.02. The molecule has 10 heteroatoms. The lowest BCUT2D eigenvalue weighted by Gasteiger charge is -2.28. The molecule has 0 bridgehead atoms. The highest BCUT2D eigenvalue weighted by atomic mass is 16.5. The number of hydrogen-bond donors (Lipinski definition) is 2. The van der Waals surface area contributed by atoms with E-state index in [-0.39, 0.29) is 5.91 Å². The van der Waals surface area contributed by atoms with Gasteiger partial charge >= 0.3 is 0 Å². The van der Waals surface area contributed by atoms with Crippen LogP contribution in [0.15, 0.2) is 53.7 Å². The fraction of sp³-hybridized carbons (Fsp3) is 0.273. The van der Waals surface area contributed by atoms with Crippen molar-refractivity contribution in [3.8, 4) is 17.2 Å². The van der Waals surface area contributed by atoms with E-state index in [1.807, 2.05) is 44.2 Å². The number of anilines is 2. The summed E-state index contributed by atoms with van der Waals surface area (Å²) in [5.41, 5.74) is 2.43. The smallest absolute Gasteiger partial charge is 0.255 e. The van der Waals surface area contributed by atoms with Crippen LogP contribution in [0.2, 0.25) is 0 Å². The van der Waals surface area contributed by atoms with Crippen LogP contribution in [0.5, 0.6) is 17.2 Å². The largest absolute Gasteiger partial charge is 0.495 e. The number of carbonyl (C=O) groups excluding carboxylic acids is 1. The zero-order chi connectivity index (χ0) is 22.7. The first-order chi connectivity index (χ1) is 15.6. The molecule has 0 saturated carbocycles. The molecule has 3 aromatic rings. The van der Waals surface area contributed by atoms with Crippen molar-refractivity contribution in [1.82, 2.24) is 20.2 Å². The summed E-state index contributed by atoms with van der Waals surface area (Å²) in [6.45, 7) is 4.22. The maximum Gasteiger partial charge on any atom is 0.255 e. The summed E-state index contributed by atoms with van der Waals surface area (Å²) in [5.74, 6) is 1.86. The number of para-hydroxylation sites is 2. The van der Waals surface area contributed by atoms with Gasteiger partial charge in [0.25, 0.3) is 5.91 Å². The van der Waals surface area contributed by atoms with Crippen LogP contribution in [0.1, 0.15) is 25.5 Å². The molecule has 2 N–H and O–H groups in total. The van der Waals surface area contributed by atoms with Crippen molar-refractivity contribution < 1.29 is 19.0 Å². The van der Waals surface area contributed by atoms with Gasteiger partial charge in [-0.1, -0.05) is 23.3 Å². The first-order valence-corrected chi connectivity index (χ1v) is 10.1. The molecular formula is C22H24N6O4. The minimum absolute atomic E-state index is 0.307. The van der Waals surface area contributed by atoms with E-state index in [0.29, 0.717) is 46.8 Å². The Morgan fingerprint density at radius 1 is 1.12 bits per heavy atom. The third-order valence-corrected chi connectivity index (χ3v) is 5.12. The van der Waals surface area contributed by atoms with E-state index in [1.165, 1.54) is 0 Å². The summed E-state index contributed by atoms with van der Waals surface area (Å²) in [6.07, 6.45) is 0. The van der Waals surface area contributed by atoms with E-state index < -0.39 is 6.04 Å². The highest BCUT2D eigenvalue weighted by Gasteiger charge is 2.34. The Hall–Kier alpha value is -4.08. The third kappa shape index (κ3) is 3.82. The van der Waals surface area contributed by atoms with E-state index >= 15 is 0 Å². The maximum atomic E-state index is 13.5. The number of fused-ring (bicyclic) bond motifs is 1. The first kappa shape index (κ1) is 21.2. The number of nitrogens with one attached hydrogen (secondary N) is 2. The van der Waals surface area contributed by atoms with Gasteiger partial charge in [0.1, 0.15) is 11.8 Å². The van der Waals surface area contributed by atoms with E-state index in [4.69, 9.17) is 14.2 Å². The predicted molar refractivity (Wildman–Crippen MR) is 118 cm³/mol. The highest BCUT2D eigenvalue weighted by molar-refractivity contribution is 6.06. The Morgan fingerprint density at radius 3 is 2.66 bits per heavy atom. The van der Waals surface area contributed by atoms with Gasteiger partial charge in [-0.2, -0.15) is 4.68 Å². The maximum absolute atomic E-state index is 13.5. The lowest BCUT2D eigenvalue weighted by molar-refractivity contribution is -0.113. The van der Waals surface area contributed by atoms with Crippen LogP contribution >= 0.6 is 0 Å². The molecular weight excluding hydrogens is 412 g/mol. The molecule has 10 nitrogen and oxygen atoms in total. The minimum atomic E-state index is -0.583. The zero-order valence-electron chi connectivity index (χ0n) is 18.2. The minimum Gasteiger partial charge on any atom is -0.495 e. The molecule has 1 amide bonds. The number of amides is 1. The van der Waals surface area contributed by atoms with Gasteiger partial charge in [0.05, 0.1) is 32.1 Å². The summed E-state index contributed by atoms with van der Waals surface area (Å²) in [6, 6.07) is 12.2. The van der Waals surface area contributed by atoms with Gasteiger partial charge in [-0.15, -0.1) is 0 Å². The van der Waals surface area contributed by atoms with Crippen molar-refractivity contribution in [3.05, 3.63) is 59.3 Å². The molecule has 32 heavy (non-hydrogen) atoms. The normalized spacial score (nSPS) is 14.9. The van der Waals surface area contributed by atoms with Gasteiger partial charge in [-0.3, -0.25) is 4.79 Å². The number of rotatable bonds is 7. The lowest BCUT2D eigenvalue weighted by atomic mass is 9.94. The molecule has 2 heterocycles. The Kier molecular flexibility index (Phi) is 5.93. The summed E-state index contributed by atoms with van der Waals surface area (Å²) < 4.78 is 18.1. The van der Waals surface area contributed by atoms with Crippen LogP contribution in [0, 0.1) is 0 Å². The fourth-order valence-corrected chi connectivity index (χ4v) is 3.68. The van der Waals surface area contributed by atoms with Crippen molar-refractivity contribution in [2.24, 2.45) is 0 Å². The molecule has 1 aliphatic rings. The van der Waals surface area contributed by atoms with Crippen molar-refractivity contribution in [1.29, 1.82) is 0 Å². The molecule has 1 atom stereocenters. The van der Waals surface area contributed by atoms with Crippen molar-refractivity contribution in [2.45, 2.75) is 19.9 Å². The average Bonchev–Trinajstić information content (AvgIpc) is 3.27. The van der Waals surface area contributed by atoms with Gasteiger partial charge in [-0.25, -0.2) is 0 Å². The molecule has 4 rings (SSSR count). The first-order valence-electron chi connectivity index (χ1n) is 10.1. The topological polar surface area (TPSA) is 112 Å². The number of tetrazole rings is 1. The average molecular weight is 436 g/mol. The van der Waals surface area contributed by atoms with E-state index in [0.717, 1.165) is 5.56 Å². The molecule has 0 saturated heterocycles. The standard InChI is InChI=1S/C22H24N6O4/c1-5-32-17-11-10-14(12-18(17)31-4)20-19(13(2)23-22-25-26-27-28(20)22)21(29)24-15-8-6-7-9-16(15)30-3/h6-12,20H,5H2,1-4H3,(H,24,29)(H,23,25,27)/t20-/m0/s1. The van der Waals surface area contributed by atoms with Crippen molar-refractivity contribution >= 4 is 17.5 Å². The van der Waals surface area contributed by atoms with Crippen molar-refractivity contribution in [3.63, 3.8) is 0 Å². The van der Waals surface area contributed by atoms with Crippen LogP contribution in [0.4, 0.5) is 11.6 Å². The molecule has 0 fully saturated rings. The van der Waals surface area contributed by atoms with Gasteiger partial charge in [0.15, 0.2) is 11.5 Å². The molecule has 0 aliphatic carbocycles. The highest BCUT2D eigenvalue weighted by Crippen LogP contribution is 2.39. The van der Waals surface area contributed by atoms with Crippen LogP contribution in [-0.2, 0) is 4.79 Å². The SMILES string of the molecule is CCOc1ccc([C@H]2C(C(=O)Nc3ccccc3OC)=C(C)Nc3nnnn32)cc1OC. The fourth-order valence-electron chi connectivity index (χ4n) is 3.68. The number of carbonyl (C=O) groups is 1. The van der Waals surface area contributed by atoms with Gasteiger partial charge in [0, 0.05) is 5.70 Å². The van der Waals surface area contributed by atoms with Crippen LogP contribution in [0.3, 0.4) is 0 Å². The molecule has 2 aromatic carbocycles. The van der Waals surface area contributed by atoms with E-state index in [1.54, 1.807) is 31.0 Å². The number of hydrogen-bond acceptors (Lipinski definition) is 8. The van der Waals surface area contributed by atoms with Crippen molar-refractivity contribution in [2.75, 3.05) is 31.5 Å². The van der Waals surface area contributed by atoms with Gasteiger partial charge in [0.2, 0.25) is 5.95 Å². The number of allylic oxidation sites excluding steroid dienone is 1. The summed E-state index contributed by atoms with van der Waals surface area (Å²) >= 11 is 0. The number of benzene rings is 2. The quantitative estimate of drug-likeness (QED) is 0.581. The summed E-state index contributed by atoms with van der Waals surface area (Å²) in [4.78, 5) is 13.5. The Balaban J connectivity index is 1.77. The molecule has 1 aliphatic heterocycles. The molecule has 166 valence electrons. The van der Waals surface area contributed by atoms with Gasteiger partial charge in [-0.05, 0) is 54.1 Å². The van der Waals surface area contributed by atoms with E-state index in [9.17, 15) is 4.79 Å². The van der Waals surface area contributed by atoms with Crippen LogP contribution in [0.25, 0.3) is 0 Å². The Labute approximate surface area is 185 Å². The third-order valence-electron chi connectivity index (χ3n) is 5.12. The second-order valence-electron chi connectivity index (χ2n) is 7.01. The van der Waals surface area contributed by atoms with Crippen LogP contribution in [-0.4, -0.2) is 46.9 Å². The molecule has 0 unspecified atom stereocenters. The number of methoxy groups -OCH3 is 2. The van der Waals surface area contributed by atoms with E-state index in [2.05, 4.69) is 26.2 Å². The molecule has 0 radical (unpaired) electrons. The summed E-state index contributed by atoms with van der Waals surface area (Å²) in [5, 5.41) is 18.0.